The molecule has 2 aliphatic rings. The third-order valence-electron chi connectivity index (χ3n) is 4.56. The maximum Gasteiger partial charge on any atom is 0.161 e. The zero-order valence-electron chi connectivity index (χ0n) is 11.6. The van der Waals surface area contributed by atoms with Crippen molar-refractivity contribution in [3.63, 3.8) is 0 Å². The first-order valence-corrected chi connectivity index (χ1v) is 7.31. The predicted octanol–water partition coefficient (Wildman–Crippen LogP) is 3.14. The second-order valence-corrected chi connectivity index (χ2v) is 5.70. The molecule has 21 heavy (non-hydrogen) atoms. The Morgan fingerprint density at radius 1 is 1.00 bits per heavy atom. The molecule has 106 valence electrons. The van der Waals surface area contributed by atoms with Gasteiger partial charge in [0.2, 0.25) is 0 Å². The van der Waals surface area contributed by atoms with Crippen molar-refractivity contribution >= 4 is 5.57 Å². The third-order valence-corrected chi connectivity index (χ3v) is 4.56. The van der Waals surface area contributed by atoms with Crippen LogP contribution in [0.3, 0.4) is 0 Å². The number of aromatic hydroxyl groups is 2. The Labute approximate surface area is 123 Å². The zero-order chi connectivity index (χ0) is 14.4. The van der Waals surface area contributed by atoms with Gasteiger partial charge in [0.05, 0.1) is 0 Å². The van der Waals surface area contributed by atoms with Crippen LogP contribution in [-0.4, -0.2) is 16.8 Å². The van der Waals surface area contributed by atoms with Crippen LogP contribution in [0.5, 0.6) is 11.5 Å². The van der Waals surface area contributed by atoms with Gasteiger partial charge in [0.1, 0.15) is 0 Å². The summed E-state index contributed by atoms with van der Waals surface area (Å²) in [5.74, 6) is 0.228. The highest BCUT2D eigenvalue weighted by atomic mass is 16.3. The molecule has 0 fully saturated rings. The van der Waals surface area contributed by atoms with Gasteiger partial charge in [0.15, 0.2) is 11.5 Å². The van der Waals surface area contributed by atoms with Gasteiger partial charge < -0.3 is 15.5 Å². The van der Waals surface area contributed by atoms with Crippen LogP contribution in [-0.2, 0) is 6.42 Å². The van der Waals surface area contributed by atoms with Gasteiger partial charge in [-0.3, -0.25) is 0 Å². The summed E-state index contributed by atoms with van der Waals surface area (Å²) in [6.07, 6.45) is 1.68. The summed E-state index contributed by atoms with van der Waals surface area (Å²) in [6.45, 7) is 0.940. The highest BCUT2D eigenvalue weighted by Crippen LogP contribution is 2.47. The number of hydrogen-bond donors (Lipinski definition) is 3. The quantitative estimate of drug-likeness (QED) is 0.703. The van der Waals surface area contributed by atoms with E-state index in [0.717, 1.165) is 24.1 Å². The van der Waals surface area contributed by atoms with Crippen LogP contribution in [0.4, 0.5) is 0 Å². The Morgan fingerprint density at radius 3 is 2.62 bits per heavy atom. The van der Waals surface area contributed by atoms with E-state index in [2.05, 4.69) is 17.4 Å². The highest BCUT2D eigenvalue weighted by Gasteiger charge is 2.33. The molecule has 0 bridgehead atoms. The van der Waals surface area contributed by atoms with E-state index in [1.54, 1.807) is 6.07 Å². The molecule has 0 amide bonds. The summed E-state index contributed by atoms with van der Waals surface area (Å²) < 4.78 is 0. The molecule has 1 unspecified atom stereocenters. The molecule has 3 N–H and O–H groups in total. The van der Waals surface area contributed by atoms with E-state index in [1.807, 2.05) is 24.3 Å². The summed E-state index contributed by atoms with van der Waals surface area (Å²) in [4.78, 5) is 0. The molecule has 2 aromatic carbocycles. The van der Waals surface area contributed by atoms with E-state index in [9.17, 15) is 10.2 Å². The fourth-order valence-electron chi connectivity index (χ4n) is 3.57. The first-order valence-electron chi connectivity index (χ1n) is 7.31. The van der Waals surface area contributed by atoms with Crippen LogP contribution in [0, 0.1) is 0 Å². The van der Waals surface area contributed by atoms with Gasteiger partial charge in [0.25, 0.3) is 0 Å². The molecule has 0 saturated heterocycles. The number of rotatable bonds is 1. The van der Waals surface area contributed by atoms with Gasteiger partial charge in [-0.15, -0.1) is 0 Å². The number of fused-ring (bicyclic) bond motifs is 2. The number of hydrogen-bond acceptors (Lipinski definition) is 3. The van der Waals surface area contributed by atoms with Gasteiger partial charge in [-0.05, 0) is 35.6 Å². The zero-order valence-corrected chi connectivity index (χ0v) is 11.6. The van der Waals surface area contributed by atoms with E-state index >= 15 is 0 Å². The molecule has 1 aliphatic heterocycles. The number of benzene rings is 2. The molecule has 0 radical (unpaired) electrons. The van der Waals surface area contributed by atoms with Crippen LogP contribution >= 0.6 is 0 Å². The maximum absolute atomic E-state index is 10.2. The number of nitrogens with one attached hydrogen (secondary N) is 1. The van der Waals surface area contributed by atoms with Crippen LogP contribution in [0.15, 0.2) is 48.2 Å². The lowest BCUT2D eigenvalue weighted by Crippen LogP contribution is -2.20. The fraction of sp³-hybridized carbons (Fsp3) is 0.222. The average Bonchev–Trinajstić information content (AvgIpc) is 3.00. The number of phenols is 2. The van der Waals surface area contributed by atoms with Crippen molar-refractivity contribution in [1.82, 2.24) is 5.32 Å². The van der Waals surface area contributed by atoms with Gasteiger partial charge in [0, 0.05) is 23.7 Å². The van der Waals surface area contributed by atoms with Crippen LogP contribution < -0.4 is 5.32 Å². The molecule has 0 spiro atoms. The van der Waals surface area contributed by atoms with Crippen molar-refractivity contribution in [3.05, 3.63) is 64.9 Å². The molecular formula is C18H17NO2. The Bertz CT molecular complexity index is 734. The van der Waals surface area contributed by atoms with Crippen molar-refractivity contribution in [3.8, 4) is 11.5 Å². The Balaban J connectivity index is 1.90. The van der Waals surface area contributed by atoms with E-state index in [1.165, 1.54) is 16.8 Å². The molecule has 2 aromatic rings. The standard InChI is InChI=1S/C18H17NO2/c20-16-7-6-12-13-8-9-19-17(13)14(10-15(12)18(16)21)11-4-2-1-3-5-11/h1-7,14,19-21H,8-10H2. The lowest BCUT2D eigenvalue weighted by atomic mass is 9.78. The molecular weight excluding hydrogens is 262 g/mol. The van der Waals surface area contributed by atoms with E-state index in [0.29, 0.717) is 6.42 Å². The smallest absolute Gasteiger partial charge is 0.161 e. The summed E-state index contributed by atoms with van der Waals surface area (Å²) >= 11 is 0. The van der Waals surface area contributed by atoms with Gasteiger partial charge in [-0.1, -0.05) is 36.4 Å². The summed E-state index contributed by atoms with van der Waals surface area (Å²) in [5, 5.41) is 23.5. The molecule has 4 rings (SSSR count). The second-order valence-electron chi connectivity index (χ2n) is 5.70. The minimum absolute atomic E-state index is 0.0319. The largest absolute Gasteiger partial charge is 0.504 e. The van der Waals surface area contributed by atoms with Crippen molar-refractivity contribution in [1.29, 1.82) is 0 Å². The molecule has 1 atom stereocenters. The van der Waals surface area contributed by atoms with E-state index < -0.39 is 0 Å². The summed E-state index contributed by atoms with van der Waals surface area (Å²) in [5.41, 5.74) is 5.75. The van der Waals surface area contributed by atoms with Crippen molar-refractivity contribution < 1.29 is 10.2 Å². The van der Waals surface area contributed by atoms with E-state index in [-0.39, 0.29) is 17.4 Å². The summed E-state index contributed by atoms with van der Waals surface area (Å²) in [6, 6.07) is 13.9. The van der Waals surface area contributed by atoms with Gasteiger partial charge in [-0.25, -0.2) is 0 Å². The van der Waals surface area contributed by atoms with Gasteiger partial charge in [-0.2, -0.15) is 0 Å². The third kappa shape index (κ3) is 1.81. The maximum atomic E-state index is 10.2. The number of allylic oxidation sites excluding steroid dienone is 1. The molecule has 3 heteroatoms. The Morgan fingerprint density at radius 2 is 1.81 bits per heavy atom. The SMILES string of the molecule is Oc1ccc2c(c1O)CC(c1ccccc1)C1=C2CCN1. The summed E-state index contributed by atoms with van der Waals surface area (Å²) in [7, 11) is 0. The topological polar surface area (TPSA) is 52.5 Å². The molecule has 1 aliphatic carbocycles. The minimum Gasteiger partial charge on any atom is -0.504 e. The minimum atomic E-state index is -0.0319. The first-order chi connectivity index (χ1) is 10.3. The second kappa shape index (κ2) is 4.55. The van der Waals surface area contributed by atoms with Crippen LogP contribution in [0.2, 0.25) is 0 Å². The lowest BCUT2D eigenvalue weighted by molar-refractivity contribution is 0.398. The fourth-order valence-corrected chi connectivity index (χ4v) is 3.57. The molecule has 3 nitrogen and oxygen atoms in total. The predicted molar refractivity (Wildman–Crippen MR) is 82.2 cm³/mol. The normalized spacial score (nSPS) is 19.9. The van der Waals surface area contributed by atoms with Crippen LogP contribution in [0.25, 0.3) is 5.57 Å². The lowest BCUT2D eigenvalue weighted by Gasteiger charge is -2.28. The molecule has 0 aromatic heterocycles. The molecule has 1 heterocycles. The Kier molecular flexibility index (Phi) is 2.67. The van der Waals surface area contributed by atoms with E-state index in [4.69, 9.17) is 0 Å². The van der Waals surface area contributed by atoms with Crippen molar-refractivity contribution in [2.75, 3.05) is 6.54 Å². The first kappa shape index (κ1) is 12.3. The monoisotopic (exact) mass is 279 g/mol. The number of phenolic OH excluding ortho intramolecular Hbond substituents is 2. The highest BCUT2D eigenvalue weighted by molar-refractivity contribution is 5.79. The van der Waals surface area contributed by atoms with Crippen molar-refractivity contribution in [2.24, 2.45) is 0 Å². The van der Waals surface area contributed by atoms with Gasteiger partial charge >= 0.3 is 0 Å². The average molecular weight is 279 g/mol. The Hall–Kier alpha value is -2.42. The van der Waals surface area contributed by atoms with Crippen molar-refractivity contribution in [2.45, 2.75) is 18.8 Å². The molecule has 0 saturated carbocycles. The van der Waals surface area contributed by atoms with Crippen LogP contribution in [0.1, 0.15) is 29.0 Å².